The average molecular weight is 205 g/mol. The molecule has 0 heterocycles. The van der Waals surface area contributed by atoms with Crippen LogP contribution in [-0.4, -0.2) is 6.04 Å². The molecule has 0 radical (unpaired) electrons. The van der Waals surface area contributed by atoms with Crippen LogP contribution in [0.15, 0.2) is 24.3 Å². The summed E-state index contributed by atoms with van der Waals surface area (Å²) in [4.78, 5) is 0. The van der Waals surface area contributed by atoms with Crippen molar-refractivity contribution in [2.45, 2.75) is 52.5 Å². The van der Waals surface area contributed by atoms with E-state index in [0.29, 0.717) is 6.04 Å². The molecule has 15 heavy (non-hydrogen) atoms. The quantitative estimate of drug-likeness (QED) is 0.727. The summed E-state index contributed by atoms with van der Waals surface area (Å²) in [6.07, 6.45) is 5.04. The molecule has 1 aromatic rings. The van der Waals surface area contributed by atoms with Crippen LogP contribution >= 0.6 is 0 Å². The van der Waals surface area contributed by atoms with Crippen molar-refractivity contribution < 1.29 is 0 Å². The zero-order valence-electron chi connectivity index (χ0n) is 10.2. The van der Waals surface area contributed by atoms with Crippen LogP contribution in [0.2, 0.25) is 0 Å². The Bertz CT molecular complexity index is 274. The van der Waals surface area contributed by atoms with Gasteiger partial charge < -0.3 is 5.32 Å². The van der Waals surface area contributed by atoms with Crippen molar-refractivity contribution in [3.63, 3.8) is 0 Å². The van der Waals surface area contributed by atoms with Gasteiger partial charge in [0.05, 0.1) is 0 Å². The van der Waals surface area contributed by atoms with Crippen LogP contribution in [0.5, 0.6) is 0 Å². The van der Waals surface area contributed by atoms with Gasteiger partial charge in [0.1, 0.15) is 0 Å². The van der Waals surface area contributed by atoms with E-state index in [1.807, 2.05) is 0 Å². The molecule has 1 nitrogen and oxygen atoms in total. The average Bonchev–Trinajstić information content (AvgIpc) is 2.18. The molecule has 0 spiro atoms. The zero-order chi connectivity index (χ0) is 11.1. The Labute approximate surface area is 93.9 Å². The van der Waals surface area contributed by atoms with Gasteiger partial charge in [-0.2, -0.15) is 0 Å². The summed E-state index contributed by atoms with van der Waals surface area (Å²) in [6, 6.07) is 9.28. The van der Waals surface area contributed by atoms with Crippen LogP contribution in [0.25, 0.3) is 0 Å². The fraction of sp³-hybridized carbons (Fsp3) is 0.571. The fourth-order valence-electron chi connectivity index (χ4n) is 1.96. The maximum Gasteiger partial charge on any atom is 0.0344 e. The van der Waals surface area contributed by atoms with Gasteiger partial charge in [-0.1, -0.05) is 38.8 Å². The van der Waals surface area contributed by atoms with Crippen molar-refractivity contribution in [3.8, 4) is 0 Å². The van der Waals surface area contributed by atoms with Gasteiger partial charge in [-0.15, -0.1) is 0 Å². The molecule has 1 rings (SSSR count). The first-order valence-electron chi connectivity index (χ1n) is 6.09. The SMILES string of the molecule is CCCC(CCC)Nc1cccc(C)c1. The van der Waals surface area contributed by atoms with E-state index in [-0.39, 0.29) is 0 Å². The smallest absolute Gasteiger partial charge is 0.0344 e. The highest BCUT2D eigenvalue weighted by atomic mass is 14.9. The second-order valence-electron chi connectivity index (χ2n) is 4.29. The van der Waals surface area contributed by atoms with Crippen LogP contribution in [0, 0.1) is 6.92 Å². The van der Waals surface area contributed by atoms with Gasteiger partial charge in [0.25, 0.3) is 0 Å². The Morgan fingerprint density at radius 1 is 1.13 bits per heavy atom. The van der Waals surface area contributed by atoms with Gasteiger partial charge in [-0.05, 0) is 37.5 Å². The summed E-state index contributed by atoms with van der Waals surface area (Å²) in [7, 11) is 0. The molecule has 0 amide bonds. The third kappa shape index (κ3) is 4.37. The van der Waals surface area contributed by atoms with Gasteiger partial charge in [-0.3, -0.25) is 0 Å². The van der Waals surface area contributed by atoms with E-state index in [9.17, 15) is 0 Å². The molecule has 0 fully saturated rings. The standard InChI is InChI=1S/C14H23N/c1-4-7-13(8-5-2)15-14-10-6-9-12(3)11-14/h6,9-11,13,15H,4-5,7-8H2,1-3H3. The normalized spacial score (nSPS) is 10.7. The lowest BCUT2D eigenvalue weighted by molar-refractivity contribution is 0.586. The Morgan fingerprint density at radius 2 is 1.80 bits per heavy atom. The third-order valence-electron chi connectivity index (χ3n) is 2.66. The van der Waals surface area contributed by atoms with Gasteiger partial charge in [0.2, 0.25) is 0 Å². The number of hydrogen-bond acceptors (Lipinski definition) is 1. The Morgan fingerprint density at radius 3 is 2.33 bits per heavy atom. The molecule has 0 aliphatic rings. The fourth-order valence-corrected chi connectivity index (χ4v) is 1.96. The van der Waals surface area contributed by atoms with Crippen LogP contribution in [0.3, 0.4) is 0 Å². The highest BCUT2D eigenvalue weighted by Crippen LogP contribution is 2.15. The van der Waals surface area contributed by atoms with E-state index in [2.05, 4.69) is 50.4 Å². The first-order chi connectivity index (χ1) is 7.26. The van der Waals surface area contributed by atoms with Crippen molar-refractivity contribution in [1.29, 1.82) is 0 Å². The second kappa shape index (κ2) is 6.49. The van der Waals surface area contributed by atoms with E-state index >= 15 is 0 Å². The van der Waals surface area contributed by atoms with Crippen LogP contribution < -0.4 is 5.32 Å². The minimum absolute atomic E-state index is 0.641. The molecular weight excluding hydrogens is 182 g/mol. The molecule has 0 aliphatic heterocycles. The maximum absolute atomic E-state index is 3.62. The third-order valence-corrected chi connectivity index (χ3v) is 2.66. The van der Waals surface area contributed by atoms with Crippen molar-refractivity contribution in [2.75, 3.05) is 5.32 Å². The number of aryl methyl sites for hydroxylation is 1. The molecule has 84 valence electrons. The predicted molar refractivity (Wildman–Crippen MR) is 68.4 cm³/mol. The van der Waals surface area contributed by atoms with Crippen molar-refractivity contribution in [2.24, 2.45) is 0 Å². The van der Waals surface area contributed by atoms with E-state index in [1.165, 1.54) is 36.9 Å². The summed E-state index contributed by atoms with van der Waals surface area (Å²) in [5, 5.41) is 3.62. The van der Waals surface area contributed by atoms with Crippen LogP contribution in [0.1, 0.15) is 45.1 Å². The Balaban J connectivity index is 2.56. The summed E-state index contributed by atoms with van der Waals surface area (Å²) in [5.74, 6) is 0. The molecule has 1 heteroatoms. The molecule has 1 N–H and O–H groups in total. The highest BCUT2D eigenvalue weighted by Gasteiger charge is 2.05. The predicted octanol–water partition coefficient (Wildman–Crippen LogP) is 4.38. The van der Waals surface area contributed by atoms with Gasteiger partial charge in [0.15, 0.2) is 0 Å². The Hall–Kier alpha value is -0.980. The van der Waals surface area contributed by atoms with Crippen LogP contribution in [0.4, 0.5) is 5.69 Å². The number of nitrogens with one attached hydrogen (secondary N) is 1. The number of benzene rings is 1. The molecule has 0 bridgehead atoms. The second-order valence-corrected chi connectivity index (χ2v) is 4.29. The highest BCUT2D eigenvalue weighted by molar-refractivity contribution is 5.46. The van der Waals surface area contributed by atoms with E-state index in [0.717, 1.165) is 0 Å². The first kappa shape index (κ1) is 12.1. The summed E-state index contributed by atoms with van der Waals surface area (Å²) >= 11 is 0. The zero-order valence-corrected chi connectivity index (χ0v) is 10.2. The van der Waals surface area contributed by atoms with E-state index < -0.39 is 0 Å². The molecule has 0 aliphatic carbocycles. The lowest BCUT2D eigenvalue weighted by Gasteiger charge is -2.18. The molecular formula is C14H23N. The molecule has 0 saturated carbocycles. The first-order valence-corrected chi connectivity index (χ1v) is 6.09. The van der Waals surface area contributed by atoms with E-state index in [1.54, 1.807) is 0 Å². The van der Waals surface area contributed by atoms with Crippen LogP contribution in [-0.2, 0) is 0 Å². The summed E-state index contributed by atoms with van der Waals surface area (Å²) in [6.45, 7) is 6.64. The molecule has 1 aromatic carbocycles. The van der Waals surface area contributed by atoms with E-state index in [4.69, 9.17) is 0 Å². The lowest BCUT2D eigenvalue weighted by atomic mass is 10.1. The summed E-state index contributed by atoms with van der Waals surface area (Å²) in [5.41, 5.74) is 2.59. The van der Waals surface area contributed by atoms with Crippen molar-refractivity contribution in [1.82, 2.24) is 0 Å². The number of rotatable bonds is 6. The van der Waals surface area contributed by atoms with Gasteiger partial charge in [0, 0.05) is 11.7 Å². The molecule has 0 saturated heterocycles. The van der Waals surface area contributed by atoms with Gasteiger partial charge in [-0.25, -0.2) is 0 Å². The largest absolute Gasteiger partial charge is 0.382 e. The Kier molecular flexibility index (Phi) is 5.23. The minimum Gasteiger partial charge on any atom is -0.382 e. The van der Waals surface area contributed by atoms with Gasteiger partial charge >= 0.3 is 0 Å². The summed E-state index contributed by atoms with van der Waals surface area (Å²) < 4.78 is 0. The lowest BCUT2D eigenvalue weighted by Crippen LogP contribution is -2.18. The molecule has 0 atom stereocenters. The minimum atomic E-state index is 0.641. The maximum atomic E-state index is 3.62. The molecule has 0 unspecified atom stereocenters. The van der Waals surface area contributed by atoms with Crippen molar-refractivity contribution in [3.05, 3.63) is 29.8 Å². The number of hydrogen-bond donors (Lipinski definition) is 1. The molecule has 0 aromatic heterocycles. The topological polar surface area (TPSA) is 12.0 Å². The monoisotopic (exact) mass is 205 g/mol. The number of anilines is 1. The van der Waals surface area contributed by atoms with Crippen molar-refractivity contribution >= 4 is 5.69 Å².